The molecule has 0 atom stereocenters. The number of hydrogen-bond donors (Lipinski definition) is 0. The SMILES string of the molecule is COC(=O)CC1(CSCc2ccoc2)CC1. The molecule has 16 heavy (non-hydrogen) atoms. The van der Waals surface area contributed by atoms with Crippen LogP contribution in [0, 0.1) is 5.41 Å². The Morgan fingerprint density at radius 2 is 2.44 bits per heavy atom. The summed E-state index contributed by atoms with van der Waals surface area (Å²) in [7, 11) is 1.46. The Morgan fingerprint density at radius 3 is 3.00 bits per heavy atom. The second kappa shape index (κ2) is 4.95. The van der Waals surface area contributed by atoms with Crippen molar-refractivity contribution in [3.63, 3.8) is 0 Å². The standard InChI is InChI=1S/C12H16O3S/c1-14-11(13)6-12(3-4-12)9-16-8-10-2-5-15-7-10/h2,5,7H,3-4,6,8-9H2,1H3. The Balaban J connectivity index is 1.71. The van der Waals surface area contributed by atoms with Gasteiger partial charge in [0, 0.05) is 11.3 Å². The number of thioether (sulfide) groups is 1. The Bertz CT molecular complexity index is 341. The highest BCUT2D eigenvalue weighted by molar-refractivity contribution is 7.98. The van der Waals surface area contributed by atoms with Crippen molar-refractivity contribution in [2.45, 2.75) is 25.0 Å². The maximum absolute atomic E-state index is 11.2. The average molecular weight is 240 g/mol. The summed E-state index contributed by atoms with van der Waals surface area (Å²) in [5.41, 5.74) is 1.43. The number of furan rings is 1. The highest BCUT2D eigenvalue weighted by atomic mass is 32.2. The number of rotatable bonds is 6. The first kappa shape index (κ1) is 11.6. The van der Waals surface area contributed by atoms with Gasteiger partial charge >= 0.3 is 5.97 Å². The van der Waals surface area contributed by atoms with Crippen molar-refractivity contribution in [3.8, 4) is 0 Å². The van der Waals surface area contributed by atoms with Crippen molar-refractivity contribution < 1.29 is 13.9 Å². The van der Waals surface area contributed by atoms with Crippen LogP contribution in [-0.4, -0.2) is 18.8 Å². The van der Waals surface area contributed by atoms with Crippen LogP contribution < -0.4 is 0 Å². The highest BCUT2D eigenvalue weighted by Gasteiger charge is 2.44. The topological polar surface area (TPSA) is 39.4 Å². The van der Waals surface area contributed by atoms with Crippen LogP contribution in [0.25, 0.3) is 0 Å². The predicted molar refractivity (Wildman–Crippen MR) is 63.2 cm³/mol. The first-order chi connectivity index (χ1) is 7.74. The molecular formula is C12H16O3S. The molecule has 3 nitrogen and oxygen atoms in total. The van der Waals surface area contributed by atoms with Crippen molar-refractivity contribution in [1.29, 1.82) is 0 Å². The lowest BCUT2D eigenvalue weighted by Gasteiger charge is -2.12. The van der Waals surface area contributed by atoms with Crippen LogP contribution in [0.5, 0.6) is 0 Å². The van der Waals surface area contributed by atoms with E-state index in [0.29, 0.717) is 6.42 Å². The molecule has 0 unspecified atom stereocenters. The normalized spacial score (nSPS) is 17.1. The minimum atomic E-state index is -0.0820. The summed E-state index contributed by atoms with van der Waals surface area (Å²) in [4.78, 5) is 11.2. The van der Waals surface area contributed by atoms with Crippen molar-refractivity contribution in [3.05, 3.63) is 24.2 Å². The van der Waals surface area contributed by atoms with Gasteiger partial charge in [-0.05, 0) is 30.1 Å². The van der Waals surface area contributed by atoms with Gasteiger partial charge in [0.05, 0.1) is 26.1 Å². The second-order valence-electron chi connectivity index (χ2n) is 4.38. The van der Waals surface area contributed by atoms with E-state index in [0.717, 1.165) is 24.3 Å². The van der Waals surface area contributed by atoms with Gasteiger partial charge in [-0.3, -0.25) is 4.79 Å². The van der Waals surface area contributed by atoms with E-state index in [4.69, 9.17) is 9.15 Å². The summed E-state index contributed by atoms with van der Waals surface area (Å²) in [6.45, 7) is 0. The fraction of sp³-hybridized carbons (Fsp3) is 0.583. The number of carbonyl (C=O) groups is 1. The average Bonchev–Trinajstić information content (AvgIpc) is 2.83. The molecule has 1 aliphatic carbocycles. The van der Waals surface area contributed by atoms with Crippen LogP contribution in [0.4, 0.5) is 0 Å². The van der Waals surface area contributed by atoms with Crippen LogP contribution in [0.1, 0.15) is 24.8 Å². The Hall–Kier alpha value is -0.900. The van der Waals surface area contributed by atoms with Crippen LogP contribution in [0.3, 0.4) is 0 Å². The predicted octanol–water partition coefficient (Wildman–Crippen LogP) is 2.86. The largest absolute Gasteiger partial charge is 0.472 e. The van der Waals surface area contributed by atoms with Gasteiger partial charge in [-0.15, -0.1) is 0 Å². The molecule has 2 rings (SSSR count). The molecule has 1 aromatic heterocycles. The van der Waals surface area contributed by atoms with Gasteiger partial charge in [-0.2, -0.15) is 11.8 Å². The molecule has 0 aromatic carbocycles. The summed E-state index contributed by atoms with van der Waals surface area (Å²) in [6, 6.07) is 1.98. The van der Waals surface area contributed by atoms with Crippen LogP contribution in [-0.2, 0) is 15.3 Å². The maximum atomic E-state index is 11.2. The molecule has 0 aliphatic heterocycles. The summed E-state index contributed by atoms with van der Waals surface area (Å²) in [5.74, 6) is 1.91. The Kier molecular flexibility index (Phi) is 3.59. The van der Waals surface area contributed by atoms with E-state index < -0.39 is 0 Å². The van der Waals surface area contributed by atoms with Gasteiger partial charge in [0.25, 0.3) is 0 Å². The summed E-state index contributed by atoms with van der Waals surface area (Å²) in [6.07, 6.45) is 6.34. The number of carbonyl (C=O) groups excluding carboxylic acids is 1. The maximum Gasteiger partial charge on any atom is 0.306 e. The molecular weight excluding hydrogens is 224 g/mol. The van der Waals surface area contributed by atoms with Gasteiger partial charge in [0.1, 0.15) is 0 Å². The van der Waals surface area contributed by atoms with E-state index in [1.54, 1.807) is 12.5 Å². The molecule has 0 saturated heterocycles. The zero-order valence-corrected chi connectivity index (χ0v) is 10.2. The number of hydrogen-bond acceptors (Lipinski definition) is 4. The molecule has 0 spiro atoms. The summed E-state index contributed by atoms with van der Waals surface area (Å²) < 4.78 is 9.72. The van der Waals surface area contributed by atoms with Crippen LogP contribution in [0.2, 0.25) is 0 Å². The molecule has 0 radical (unpaired) electrons. The molecule has 88 valence electrons. The van der Waals surface area contributed by atoms with Crippen molar-refractivity contribution in [2.75, 3.05) is 12.9 Å². The number of ether oxygens (including phenoxy) is 1. The zero-order chi connectivity index (χ0) is 11.4. The molecule has 1 aromatic rings. The molecule has 0 amide bonds. The molecule has 1 aliphatic rings. The quantitative estimate of drug-likeness (QED) is 0.717. The smallest absolute Gasteiger partial charge is 0.306 e. The highest BCUT2D eigenvalue weighted by Crippen LogP contribution is 2.51. The third kappa shape index (κ3) is 3.04. The lowest BCUT2D eigenvalue weighted by Crippen LogP contribution is -2.13. The minimum absolute atomic E-state index is 0.0820. The monoisotopic (exact) mass is 240 g/mol. The first-order valence-corrected chi connectivity index (χ1v) is 6.55. The van der Waals surface area contributed by atoms with Crippen molar-refractivity contribution in [1.82, 2.24) is 0 Å². The zero-order valence-electron chi connectivity index (χ0n) is 9.40. The van der Waals surface area contributed by atoms with E-state index in [1.165, 1.54) is 12.7 Å². The van der Waals surface area contributed by atoms with E-state index in [-0.39, 0.29) is 11.4 Å². The van der Waals surface area contributed by atoms with Crippen molar-refractivity contribution in [2.24, 2.45) is 5.41 Å². The molecule has 0 N–H and O–H groups in total. The van der Waals surface area contributed by atoms with Crippen molar-refractivity contribution >= 4 is 17.7 Å². The van der Waals surface area contributed by atoms with Crippen LogP contribution >= 0.6 is 11.8 Å². The molecule has 0 bridgehead atoms. The van der Waals surface area contributed by atoms with Gasteiger partial charge in [0.2, 0.25) is 0 Å². The molecule has 1 saturated carbocycles. The molecule has 1 fully saturated rings. The fourth-order valence-corrected chi connectivity index (χ4v) is 3.01. The lowest BCUT2D eigenvalue weighted by atomic mass is 10.1. The first-order valence-electron chi connectivity index (χ1n) is 5.40. The Labute approximate surface area is 99.5 Å². The second-order valence-corrected chi connectivity index (χ2v) is 5.36. The molecule has 4 heteroatoms. The fourth-order valence-electron chi connectivity index (χ4n) is 1.69. The van der Waals surface area contributed by atoms with Gasteiger partial charge in [-0.25, -0.2) is 0 Å². The number of esters is 1. The van der Waals surface area contributed by atoms with Gasteiger partial charge in [-0.1, -0.05) is 0 Å². The van der Waals surface area contributed by atoms with Gasteiger partial charge in [0.15, 0.2) is 0 Å². The third-order valence-electron chi connectivity index (χ3n) is 2.96. The minimum Gasteiger partial charge on any atom is -0.472 e. The van der Waals surface area contributed by atoms with E-state index in [1.807, 2.05) is 17.8 Å². The molecule has 1 heterocycles. The summed E-state index contributed by atoms with van der Waals surface area (Å²) in [5, 5.41) is 0. The van der Waals surface area contributed by atoms with E-state index in [2.05, 4.69) is 0 Å². The lowest BCUT2D eigenvalue weighted by molar-refractivity contribution is -0.141. The van der Waals surface area contributed by atoms with E-state index >= 15 is 0 Å². The van der Waals surface area contributed by atoms with E-state index in [9.17, 15) is 4.79 Å². The Morgan fingerprint density at radius 1 is 1.62 bits per heavy atom. The number of methoxy groups -OCH3 is 1. The third-order valence-corrected chi connectivity index (χ3v) is 4.32. The summed E-state index contributed by atoms with van der Waals surface area (Å²) >= 11 is 1.87. The van der Waals surface area contributed by atoms with Crippen LogP contribution in [0.15, 0.2) is 23.0 Å². The van der Waals surface area contributed by atoms with Gasteiger partial charge < -0.3 is 9.15 Å².